The molecule has 2 heterocycles. The van der Waals surface area contributed by atoms with Crippen molar-refractivity contribution >= 4 is 11.9 Å². The highest BCUT2D eigenvalue weighted by molar-refractivity contribution is 5.95. The SMILES string of the molecule is CC(C)(C)OC(=O)N1CCCC1COCC(=O)c1ccc[nH]1. The summed E-state index contributed by atoms with van der Waals surface area (Å²) in [5.74, 6) is -0.0909. The first-order chi connectivity index (χ1) is 10.4. The zero-order chi connectivity index (χ0) is 16.2. The molecule has 6 nitrogen and oxygen atoms in total. The Balaban J connectivity index is 1.79. The van der Waals surface area contributed by atoms with E-state index in [9.17, 15) is 9.59 Å². The largest absolute Gasteiger partial charge is 0.444 e. The molecule has 1 N–H and O–H groups in total. The number of hydrogen-bond acceptors (Lipinski definition) is 4. The molecule has 2 rings (SSSR count). The Morgan fingerprint density at radius 2 is 2.18 bits per heavy atom. The van der Waals surface area contributed by atoms with Gasteiger partial charge in [-0.3, -0.25) is 4.79 Å². The van der Waals surface area contributed by atoms with Crippen molar-refractivity contribution in [1.29, 1.82) is 0 Å². The molecule has 1 aliphatic heterocycles. The zero-order valence-electron chi connectivity index (χ0n) is 13.4. The fourth-order valence-electron chi connectivity index (χ4n) is 2.44. The van der Waals surface area contributed by atoms with Gasteiger partial charge in [-0.25, -0.2) is 4.79 Å². The van der Waals surface area contributed by atoms with Crippen LogP contribution in [0.15, 0.2) is 18.3 Å². The smallest absolute Gasteiger partial charge is 0.410 e. The Morgan fingerprint density at radius 1 is 1.41 bits per heavy atom. The third-order valence-corrected chi connectivity index (χ3v) is 3.45. The van der Waals surface area contributed by atoms with Crippen molar-refractivity contribution in [3.05, 3.63) is 24.0 Å². The molecule has 1 saturated heterocycles. The molecule has 0 aromatic carbocycles. The van der Waals surface area contributed by atoms with Crippen molar-refractivity contribution in [1.82, 2.24) is 9.88 Å². The fourth-order valence-corrected chi connectivity index (χ4v) is 2.44. The highest BCUT2D eigenvalue weighted by Gasteiger charge is 2.32. The van der Waals surface area contributed by atoms with E-state index in [1.54, 1.807) is 23.2 Å². The van der Waals surface area contributed by atoms with Crippen LogP contribution in [-0.2, 0) is 9.47 Å². The van der Waals surface area contributed by atoms with Gasteiger partial charge in [0, 0.05) is 12.7 Å². The van der Waals surface area contributed by atoms with Crippen LogP contribution in [0.1, 0.15) is 44.1 Å². The Morgan fingerprint density at radius 3 is 2.82 bits per heavy atom. The maximum Gasteiger partial charge on any atom is 0.410 e. The summed E-state index contributed by atoms with van der Waals surface area (Å²) >= 11 is 0. The predicted octanol–water partition coefficient (Wildman–Crippen LogP) is 2.61. The summed E-state index contributed by atoms with van der Waals surface area (Å²) in [6.07, 6.45) is 3.19. The van der Waals surface area contributed by atoms with Crippen LogP contribution in [0.3, 0.4) is 0 Å². The molecule has 6 heteroatoms. The molecular weight excluding hydrogens is 284 g/mol. The summed E-state index contributed by atoms with van der Waals surface area (Å²) in [6, 6.07) is 3.47. The Labute approximate surface area is 130 Å². The highest BCUT2D eigenvalue weighted by atomic mass is 16.6. The lowest BCUT2D eigenvalue weighted by Gasteiger charge is -2.28. The van der Waals surface area contributed by atoms with Crippen LogP contribution in [0, 0.1) is 0 Å². The Bertz CT molecular complexity index is 505. The number of aromatic amines is 1. The standard InChI is InChI=1S/C16H24N2O4/c1-16(2,3)22-15(20)18-9-5-6-12(18)10-21-11-14(19)13-7-4-8-17-13/h4,7-8,12,17H,5-6,9-11H2,1-3H3. The lowest BCUT2D eigenvalue weighted by Crippen LogP contribution is -2.41. The van der Waals surface area contributed by atoms with Crippen LogP contribution >= 0.6 is 0 Å². The van der Waals surface area contributed by atoms with E-state index < -0.39 is 5.60 Å². The van der Waals surface area contributed by atoms with E-state index >= 15 is 0 Å². The second-order valence-electron chi connectivity index (χ2n) is 6.49. The summed E-state index contributed by atoms with van der Waals surface area (Å²) in [6.45, 7) is 6.59. The summed E-state index contributed by atoms with van der Waals surface area (Å²) in [7, 11) is 0. The number of H-pyrrole nitrogens is 1. The van der Waals surface area contributed by atoms with Gasteiger partial charge in [0.25, 0.3) is 0 Å². The van der Waals surface area contributed by atoms with Crippen molar-refractivity contribution in [2.75, 3.05) is 19.8 Å². The normalized spacial score (nSPS) is 18.5. The number of nitrogens with one attached hydrogen (secondary N) is 1. The van der Waals surface area contributed by atoms with Gasteiger partial charge < -0.3 is 19.4 Å². The van der Waals surface area contributed by atoms with Gasteiger partial charge in [-0.05, 0) is 45.7 Å². The van der Waals surface area contributed by atoms with Crippen LogP contribution in [-0.4, -0.2) is 53.2 Å². The van der Waals surface area contributed by atoms with Crippen LogP contribution in [0.2, 0.25) is 0 Å². The van der Waals surface area contributed by atoms with Gasteiger partial charge in [0.2, 0.25) is 5.78 Å². The third kappa shape index (κ3) is 4.59. The summed E-state index contributed by atoms with van der Waals surface area (Å²) in [5, 5.41) is 0. The molecular formula is C16H24N2O4. The monoisotopic (exact) mass is 308 g/mol. The number of Topliss-reactive ketones (excluding diaryl/α,β-unsaturated/α-hetero) is 1. The van der Waals surface area contributed by atoms with Crippen LogP contribution in [0.5, 0.6) is 0 Å². The van der Waals surface area contributed by atoms with Gasteiger partial charge in [-0.15, -0.1) is 0 Å². The molecule has 1 fully saturated rings. The Hall–Kier alpha value is -1.82. The number of amides is 1. The van der Waals surface area contributed by atoms with Crippen molar-refractivity contribution in [2.24, 2.45) is 0 Å². The minimum atomic E-state index is -0.505. The van der Waals surface area contributed by atoms with Crippen molar-refractivity contribution in [3.8, 4) is 0 Å². The highest BCUT2D eigenvalue weighted by Crippen LogP contribution is 2.21. The molecule has 1 unspecified atom stereocenters. The number of ether oxygens (including phenoxy) is 2. The second kappa shape index (κ2) is 6.96. The molecule has 0 radical (unpaired) electrons. The van der Waals surface area contributed by atoms with Crippen molar-refractivity contribution in [2.45, 2.75) is 45.3 Å². The predicted molar refractivity (Wildman–Crippen MR) is 81.9 cm³/mol. The first kappa shape index (κ1) is 16.5. The van der Waals surface area contributed by atoms with E-state index in [2.05, 4.69) is 4.98 Å². The third-order valence-electron chi connectivity index (χ3n) is 3.45. The topological polar surface area (TPSA) is 71.6 Å². The average Bonchev–Trinajstić information content (AvgIpc) is 3.08. The molecule has 0 saturated carbocycles. The van der Waals surface area contributed by atoms with Gasteiger partial charge in [0.15, 0.2) is 0 Å². The van der Waals surface area contributed by atoms with E-state index in [0.29, 0.717) is 18.8 Å². The van der Waals surface area contributed by atoms with Crippen molar-refractivity contribution in [3.63, 3.8) is 0 Å². The van der Waals surface area contributed by atoms with Gasteiger partial charge >= 0.3 is 6.09 Å². The first-order valence-electron chi connectivity index (χ1n) is 7.61. The Kier molecular flexibility index (Phi) is 5.24. The van der Waals surface area contributed by atoms with Crippen LogP contribution in [0.25, 0.3) is 0 Å². The van der Waals surface area contributed by atoms with Crippen molar-refractivity contribution < 1.29 is 19.1 Å². The van der Waals surface area contributed by atoms with E-state index in [4.69, 9.17) is 9.47 Å². The quantitative estimate of drug-likeness (QED) is 0.849. The number of nitrogens with zero attached hydrogens (tertiary/aromatic N) is 1. The number of aromatic nitrogens is 1. The number of hydrogen-bond donors (Lipinski definition) is 1. The van der Waals surface area contributed by atoms with E-state index in [-0.39, 0.29) is 24.5 Å². The van der Waals surface area contributed by atoms with Crippen LogP contribution < -0.4 is 0 Å². The maximum atomic E-state index is 12.1. The van der Waals surface area contributed by atoms with Crippen LogP contribution in [0.4, 0.5) is 4.79 Å². The molecule has 1 aromatic heterocycles. The molecule has 1 amide bonds. The van der Waals surface area contributed by atoms with E-state index in [0.717, 1.165) is 12.8 Å². The number of carbonyl (C=O) groups is 2. The maximum absolute atomic E-state index is 12.1. The average molecular weight is 308 g/mol. The fraction of sp³-hybridized carbons (Fsp3) is 0.625. The van der Waals surface area contributed by atoms with Gasteiger partial charge in [-0.2, -0.15) is 0 Å². The number of likely N-dealkylation sites (tertiary alicyclic amines) is 1. The molecule has 1 atom stereocenters. The summed E-state index contributed by atoms with van der Waals surface area (Å²) < 4.78 is 10.9. The number of carbonyl (C=O) groups excluding carboxylic acids is 2. The first-order valence-corrected chi connectivity index (χ1v) is 7.61. The van der Waals surface area contributed by atoms with Gasteiger partial charge in [-0.1, -0.05) is 0 Å². The van der Waals surface area contributed by atoms with E-state index in [1.165, 1.54) is 0 Å². The summed E-state index contributed by atoms with van der Waals surface area (Å²) in [5.41, 5.74) is 0.0321. The molecule has 1 aliphatic rings. The van der Waals surface area contributed by atoms with Gasteiger partial charge in [0.1, 0.15) is 12.2 Å². The van der Waals surface area contributed by atoms with Gasteiger partial charge in [0.05, 0.1) is 18.3 Å². The molecule has 22 heavy (non-hydrogen) atoms. The lowest BCUT2D eigenvalue weighted by atomic mass is 10.2. The summed E-state index contributed by atoms with van der Waals surface area (Å²) in [4.78, 5) is 28.5. The van der Waals surface area contributed by atoms with E-state index in [1.807, 2.05) is 20.8 Å². The molecule has 122 valence electrons. The molecule has 0 bridgehead atoms. The molecule has 0 spiro atoms. The number of ketones is 1. The molecule has 0 aliphatic carbocycles. The molecule has 1 aromatic rings. The minimum Gasteiger partial charge on any atom is -0.444 e. The lowest BCUT2D eigenvalue weighted by molar-refractivity contribution is 0.0115. The minimum absolute atomic E-state index is 0.0131. The second-order valence-corrected chi connectivity index (χ2v) is 6.49. The zero-order valence-corrected chi connectivity index (χ0v) is 13.4. The number of rotatable bonds is 5.